The summed E-state index contributed by atoms with van der Waals surface area (Å²) in [6, 6.07) is 12.1. The molecule has 1 saturated carbocycles. The Kier molecular flexibility index (Phi) is 5.59. The van der Waals surface area contributed by atoms with E-state index in [1.165, 1.54) is 16.5 Å². The summed E-state index contributed by atoms with van der Waals surface area (Å²) in [6.45, 7) is 1.22. The van der Waals surface area contributed by atoms with Crippen molar-refractivity contribution >= 4 is 16.9 Å². The predicted octanol–water partition coefficient (Wildman–Crippen LogP) is 3.05. The fourth-order valence-corrected chi connectivity index (χ4v) is 5.47. The molecule has 0 radical (unpaired) electrons. The lowest BCUT2D eigenvalue weighted by molar-refractivity contribution is -0.142. The number of nitrogens with zero attached hydrogens (tertiary/aromatic N) is 3. The minimum atomic E-state index is -1.02. The third-order valence-corrected chi connectivity index (χ3v) is 7.32. The first-order valence-electron chi connectivity index (χ1n) is 11.6. The van der Waals surface area contributed by atoms with Crippen LogP contribution in [-0.2, 0) is 11.3 Å². The van der Waals surface area contributed by atoms with Gasteiger partial charge in [0, 0.05) is 25.2 Å². The lowest BCUT2D eigenvalue weighted by atomic mass is 9.74. The zero-order valence-electron chi connectivity index (χ0n) is 18.2. The van der Waals surface area contributed by atoms with Crippen molar-refractivity contribution in [2.24, 2.45) is 5.92 Å². The van der Waals surface area contributed by atoms with Crippen molar-refractivity contribution in [3.63, 3.8) is 0 Å². The first-order valence-corrected chi connectivity index (χ1v) is 11.6. The molecule has 1 saturated heterocycles. The van der Waals surface area contributed by atoms with Crippen molar-refractivity contribution in [3.8, 4) is 0 Å². The van der Waals surface area contributed by atoms with Crippen LogP contribution in [0.2, 0.25) is 0 Å². The molecule has 2 N–H and O–H groups in total. The molecule has 32 heavy (non-hydrogen) atoms. The standard InChI is InChI=1S/C25H30N4O3/c30-23(20-9-5-4-8-19(20)18-6-2-1-3-7-18)28-14-11-25(32,12-15-28)16-29-17-27-22-21(24(29)31)10-13-26-22/h1-3,6-7,10,13,17,19-20,26,32H,4-5,8-9,11-12,14-16H2/t19-,20+/m1/s1. The van der Waals surface area contributed by atoms with Gasteiger partial charge in [-0.15, -0.1) is 0 Å². The second-order valence-corrected chi connectivity index (χ2v) is 9.38. The van der Waals surface area contributed by atoms with Gasteiger partial charge < -0.3 is 15.0 Å². The Balaban J connectivity index is 1.26. The molecular formula is C25H30N4O3. The molecule has 168 valence electrons. The lowest BCUT2D eigenvalue weighted by Gasteiger charge is -2.41. The van der Waals surface area contributed by atoms with Crippen LogP contribution < -0.4 is 5.56 Å². The Morgan fingerprint density at radius 1 is 1.12 bits per heavy atom. The third-order valence-electron chi connectivity index (χ3n) is 7.32. The second-order valence-electron chi connectivity index (χ2n) is 9.38. The Hall–Kier alpha value is -2.93. The molecule has 2 aromatic heterocycles. The fraction of sp³-hybridized carbons (Fsp3) is 0.480. The van der Waals surface area contributed by atoms with Gasteiger partial charge in [-0.3, -0.25) is 14.2 Å². The third kappa shape index (κ3) is 3.97. The average Bonchev–Trinajstić information content (AvgIpc) is 3.31. The van der Waals surface area contributed by atoms with Crippen molar-refractivity contribution in [1.29, 1.82) is 0 Å². The molecule has 2 atom stereocenters. The van der Waals surface area contributed by atoms with Crippen LogP contribution in [0.5, 0.6) is 0 Å². The maximum Gasteiger partial charge on any atom is 0.262 e. The van der Waals surface area contributed by atoms with E-state index in [0.717, 1.165) is 25.7 Å². The molecule has 7 nitrogen and oxygen atoms in total. The van der Waals surface area contributed by atoms with E-state index < -0.39 is 5.60 Å². The van der Waals surface area contributed by atoms with Crippen LogP contribution in [0.4, 0.5) is 0 Å². The van der Waals surface area contributed by atoms with E-state index in [1.54, 1.807) is 12.3 Å². The maximum absolute atomic E-state index is 13.5. The van der Waals surface area contributed by atoms with E-state index in [0.29, 0.717) is 37.0 Å². The molecule has 7 heteroatoms. The van der Waals surface area contributed by atoms with Crippen LogP contribution >= 0.6 is 0 Å². The van der Waals surface area contributed by atoms with Crippen molar-refractivity contribution < 1.29 is 9.90 Å². The monoisotopic (exact) mass is 434 g/mol. The smallest absolute Gasteiger partial charge is 0.262 e. The van der Waals surface area contributed by atoms with Crippen LogP contribution in [0.3, 0.4) is 0 Å². The van der Waals surface area contributed by atoms with Crippen molar-refractivity contribution in [2.45, 2.75) is 56.6 Å². The Labute approximate surface area is 187 Å². The molecule has 2 aliphatic rings. The zero-order chi connectivity index (χ0) is 22.1. The number of H-pyrrole nitrogens is 1. The number of rotatable bonds is 4. The van der Waals surface area contributed by atoms with Gasteiger partial charge in [-0.05, 0) is 43.2 Å². The number of fused-ring (bicyclic) bond motifs is 1. The minimum Gasteiger partial charge on any atom is -0.388 e. The van der Waals surface area contributed by atoms with Gasteiger partial charge in [-0.2, -0.15) is 0 Å². The Morgan fingerprint density at radius 2 is 1.88 bits per heavy atom. The highest BCUT2D eigenvalue weighted by molar-refractivity contribution is 5.80. The Bertz CT molecular complexity index is 1140. The predicted molar refractivity (Wildman–Crippen MR) is 122 cm³/mol. The van der Waals surface area contributed by atoms with E-state index in [9.17, 15) is 14.7 Å². The van der Waals surface area contributed by atoms with E-state index in [-0.39, 0.29) is 29.8 Å². The summed E-state index contributed by atoms with van der Waals surface area (Å²) >= 11 is 0. The summed E-state index contributed by atoms with van der Waals surface area (Å²) in [4.78, 5) is 35.3. The molecule has 1 amide bonds. The van der Waals surface area contributed by atoms with Crippen LogP contribution in [0.25, 0.3) is 11.0 Å². The number of carbonyl (C=O) groups excluding carboxylic acids is 1. The highest BCUT2D eigenvalue weighted by atomic mass is 16.3. The van der Waals surface area contributed by atoms with Crippen LogP contribution in [0.1, 0.15) is 50.0 Å². The van der Waals surface area contributed by atoms with E-state index >= 15 is 0 Å². The van der Waals surface area contributed by atoms with Gasteiger partial charge in [0.25, 0.3) is 5.56 Å². The molecule has 0 spiro atoms. The maximum atomic E-state index is 13.5. The summed E-state index contributed by atoms with van der Waals surface area (Å²) in [7, 11) is 0. The SMILES string of the molecule is O=C([C@H]1CCCC[C@@H]1c1ccccc1)N1CCC(O)(Cn2cnc3[nH]ccc3c2=O)CC1. The molecule has 0 unspecified atom stereocenters. The summed E-state index contributed by atoms with van der Waals surface area (Å²) < 4.78 is 1.49. The first-order chi connectivity index (χ1) is 15.5. The minimum absolute atomic E-state index is 0.0140. The fourth-order valence-electron chi connectivity index (χ4n) is 5.47. The molecule has 1 aromatic carbocycles. The molecule has 5 rings (SSSR count). The van der Waals surface area contributed by atoms with Gasteiger partial charge in [-0.1, -0.05) is 43.2 Å². The van der Waals surface area contributed by atoms with Gasteiger partial charge in [0.1, 0.15) is 5.65 Å². The Morgan fingerprint density at radius 3 is 2.66 bits per heavy atom. The zero-order valence-corrected chi connectivity index (χ0v) is 18.2. The summed E-state index contributed by atoms with van der Waals surface area (Å²) in [5, 5.41) is 11.7. The number of hydrogen-bond acceptors (Lipinski definition) is 4. The van der Waals surface area contributed by atoms with Crippen molar-refractivity contribution in [2.75, 3.05) is 13.1 Å². The number of hydrogen-bond donors (Lipinski definition) is 2. The molecular weight excluding hydrogens is 404 g/mol. The highest BCUT2D eigenvalue weighted by Gasteiger charge is 2.39. The quantitative estimate of drug-likeness (QED) is 0.660. The summed E-state index contributed by atoms with van der Waals surface area (Å²) in [5.74, 6) is 0.504. The van der Waals surface area contributed by atoms with Crippen LogP contribution in [0, 0.1) is 5.92 Å². The average molecular weight is 435 g/mol. The summed E-state index contributed by atoms with van der Waals surface area (Å²) in [5.41, 5.74) is 0.638. The number of aromatic amines is 1. The molecule has 2 fully saturated rings. The van der Waals surface area contributed by atoms with Crippen LogP contribution in [0.15, 0.2) is 53.7 Å². The largest absolute Gasteiger partial charge is 0.388 e. The summed E-state index contributed by atoms with van der Waals surface area (Å²) in [6.07, 6.45) is 8.33. The number of likely N-dealkylation sites (tertiary alicyclic amines) is 1. The first kappa shape index (κ1) is 20.9. The number of piperidine rings is 1. The number of aromatic nitrogens is 3. The highest BCUT2D eigenvalue weighted by Crippen LogP contribution is 2.39. The van der Waals surface area contributed by atoms with E-state index in [4.69, 9.17) is 0 Å². The number of amides is 1. The van der Waals surface area contributed by atoms with Gasteiger partial charge in [0.15, 0.2) is 0 Å². The molecule has 3 aromatic rings. The lowest BCUT2D eigenvalue weighted by Crippen LogP contribution is -2.51. The van der Waals surface area contributed by atoms with Crippen molar-refractivity contribution in [1.82, 2.24) is 19.4 Å². The van der Waals surface area contributed by atoms with Gasteiger partial charge in [-0.25, -0.2) is 4.98 Å². The number of nitrogens with one attached hydrogen (secondary N) is 1. The number of benzene rings is 1. The molecule has 3 heterocycles. The molecule has 1 aliphatic heterocycles. The second kappa shape index (κ2) is 8.54. The number of carbonyl (C=O) groups is 1. The van der Waals surface area contributed by atoms with Gasteiger partial charge in [0.2, 0.25) is 5.91 Å². The van der Waals surface area contributed by atoms with Crippen LogP contribution in [-0.4, -0.2) is 49.1 Å². The van der Waals surface area contributed by atoms with Gasteiger partial charge >= 0.3 is 0 Å². The number of aliphatic hydroxyl groups is 1. The normalized spacial score (nSPS) is 23.3. The van der Waals surface area contributed by atoms with E-state index in [2.05, 4.69) is 22.1 Å². The van der Waals surface area contributed by atoms with Crippen molar-refractivity contribution in [3.05, 3.63) is 64.8 Å². The van der Waals surface area contributed by atoms with Gasteiger partial charge in [0.05, 0.1) is 23.9 Å². The topological polar surface area (TPSA) is 91.2 Å². The molecule has 0 bridgehead atoms. The molecule has 1 aliphatic carbocycles. The van der Waals surface area contributed by atoms with E-state index in [1.807, 2.05) is 23.1 Å².